The van der Waals surface area contributed by atoms with Crippen molar-refractivity contribution in [3.63, 3.8) is 0 Å². The second kappa shape index (κ2) is 4.50. The molecule has 0 spiro atoms. The van der Waals surface area contributed by atoms with Crippen molar-refractivity contribution in [3.05, 3.63) is 0 Å². The fourth-order valence-electron chi connectivity index (χ4n) is 1.67. The van der Waals surface area contributed by atoms with Gasteiger partial charge < -0.3 is 5.32 Å². The molecule has 1 atom stereocenters. The first-order valence-electron chi connectivity index (χ1n) is 4.78. The van der Waals surface area contributed by atoms with Gasteiger partial charge in [0.1, 0.15) is 0 Å². The molecule has 1 fully saturated rings. The van der Waals surface area contributed by atoms with E-state index < -0.39 is 28.3 Å². The van der Waals surface area contributed by atoms with E-state index in [9.17, 15) is 21.6 Å². The number of halogens is 3. The maximum Gasteiger partial charge on any atom is 0.522 e. The summed E-state index contributed by atoms with van der Waals surface area (Å²) in [5, 5.41) is 2.78. The lowest BCUT2D eigenvalue weighted by Crippen LogP contribution is -2.45. The van der Waals surface area contributed by atoms with Gasteiger partial charge in [0.05, 0.1) is 18.1 Å². The van der Waals surface area contributed by atoms with Crippen molar-refractivity contribution in [1.82, 2.24) is 5.32 Å². The van der Waals surface area contributed by atoms with Crippen LogP contribution in [0.2, 0.25) is 0 Å². The average molecular weight is 261 g/mol. The molecule has 1 aliphatic heterocycles. The van der Waals surface area contributed by atoms with Crippen LogP contribution in [0.3, 0.4) is 0 Å². The van der Waals surface area contributed by atoms with Crippen molar-refractivity contribution in [3.8, 4) is 0 Å². The van der Waals surface area contributed by atoms with Crippen LogP contribution < -0.4 is 5.32 Å². The van der Waals surface area contributed by atoms with Gasteiger partial charge in [-0.25, -0.2) is 8.42 Å². The fraction of sp³-hybridized carbons (Fsp3) is 1.00. The largest absolute Gasteiger partial charge is 0.522 e. The monoisotopic (exact) mass is 261 g/mol. The minimum absolute atomic E-state index is 0.0223. The molecular weight excluding hydrogens is 247 g/mol. The molecule has 0 bridgehead atoms. The minimum atomic E-state index is -4.63. The third-order valence-electron chi connectivity index (χ3n) is 2.42. The molecule has 1 N–H and O–H groups in total. The lowest BCUT2D eigenvalue weighted by atomic mass is 10.0. The van der Waals surface area contributed by atoms with Gasteiger partial charge >= 0.3 is 6.36 Å². The van der Waals surface area contributed by atoms with Crippen LogP contribution in [0.25, 0.3) is 0 Å². The Kier molecular flexibility index (Phi) is 3.86. The van der Waals surface area contributed by atoms with Gasteiger partial charge in [-0.05, 0) is 13.3 Å². The highest BCUT2D eigenvalue weighted by molar-refractivity contribution is 7.91. The summed E-state index contributed by atoms with van der Waals surface area (Å²) in [7, 11) is -3.04. The van der Waals surface area contributed by atoms with Crippen LogP contribution in [0.4, 0.5) is 13.2 Å². The van der Waals surface area contributed by atoms with Gasteiger partial charge in [-0.2, -0.15) is 0 Å². The predicted molar refractivity (Wildman–Crippen MR) is 51.7 cm³/mol. The molecule has 8 heteroatoms. The lowest BCUT2D eigenvalue weighted by Gasteiger charge is -2.23. The zero-order valence-corrected chi connectivity index (χ0v) is 9.62. The second-order valence-electron chi connectivity index (χ2n) is 4.12. The van der Waals surface area contributed by atoms with Crippen molar-refractivity contribution >= 4 is 9.84 Å². The Morgan fingerprint density at radius 1 is 1.44 bits per heavy atom. The number of alkyl halides is 3. The highest BCUT2D eigenvalue weighted by atomic mass is 32.2. The summed E-state index contributed by atoms with van der Waals surface area (Å²) in [5.41, 5.74) is -0.631. The summed E-state index contributed by atoms with van der Waals surface area (Å²) in [4.78, 5) is 0. The first-order chi connectivity index (χ1) is 7.12. The molecule has 0 saturated carbocycles. The predicted octanol–water partition coefficient (Wildman–Crippen LogP) is 0.690. The zero-order valence-electron chi connectivity index (χ0n) is 8.80. The number of sulfone groups is 1. The molecule has 0 aromatic heterocycles. The van der Waals surface area contributed by atoms with E-state index in [2.05, 4.69) is 10.1 Å². The van der Waals surface area contributed by atoms with Crippen LogP contribution in [-0.4, -0.2) is 45.0 Å². The van der Waals surface area contributed by atoms with Crippen molar-refractivity contribution in [1.29, 1.82) is 0 Å². The van der Waals surface area contributed by atoms with Gasteiger partial charge in [-0.1, -0.05) is 0 Å². The van der Waals surface area contributed by atoms with E-state index in [1.165, 1.54) is 0 Å². The van der Waals surface area contributed by atoms with E-state index in [4.69, 9.17) is 0 Å². The maximum atomic E-state index is 11.6. The Morgan fingerprint density at radius 3 is 2.50 bits per heavy atom. The van der Waals surface area contributed by atoms with Crippen LogP contribution in [0.1, 0.15) is 13.3 Å². The molecule has 96 valence electrons. The van der Waals surface area contributed by atoms with Gasteiger partial charge in [0.2, 0.25) is 0 Å². The molecule has 0 radical (unpaired) electrons. The number of hydrogen-bond donors (Lipinski definition) is 1. The molecule has 1 saturated heterocycles. The van der Waals surface area contributed by atoms with Gasteiger partial charge in [0.25, 0.3) is 0 Å². The third-order valence-corrected chi connectivity index (χ3v) is 4.33. The van der Waals surface area contributed by atoms with Crippen molar-refractivity contribution < 1.29 is 26.3 Å². The number of hydrogen-bond acceptors (Lipinski definition) is 4. The van der Waals surface area contributed by atoms with Gasteiger partial charge in [0.15, 0.2) is 9.84 Å². The Labute approximate surface area is 92.1 Å². The summed E-state index contributed by atoms with van der Waals surface area (Å²) in [6.45, 7) is 1.15. The Bertz CT molecular complexity index is 341. The zero-order chi connectivity index (χ0) is 12.4. The lowest BCUT2D eigenvalue weighted by molar-refractivity contribution is -0.323. The number of nitrogens with one attached hydrogen (secondary N) is 1. The highest BCUT2D eigenvalue weighted by Crippen LogP contribution is 2.22. The van der Waals surface area contributed by atoms with Crippen molar-refractivity contribution in [2.45, 2.75) is 25.2 Å². The normalized spacial score (nSPS) is 29.5. The number of rotatable bonds is 4. The standard InChI is InChI=1S/C8H14F3NO3S/c1-7(2-5-16(13,14)6-7)12-3-4-15-8(9,10)11/h12H,2-6H2,1H3. The molecular formula is C8H14F3NO3S. The number of ether oxygens (including phenoxy) is 1. The molecule has 0 amide bonds. The van der Waals surface area contributed by atoms with E-state index in [0.717, 1.165) is 0 Å². The van der Waals surface area contributed by atoms with E-state index in [1.54, 1.807) is 6.92 Å². The van der Waals surface area contributed by atoms with Crippen LogP contribution in [0.5, 0.6) is 0 Å². The Hall–Kier alpha value is -0.340. The van der Waals surface area contributed by atoms with Crippen LogP contribution >= 0.6 is 0 Å². The van der Waals surface area contributed by atoms with Gasteiger partial charge in [-0.3, -0.25) is 4.74 Å². The first kappa shape index (κ1) is 13.7. The van der Waals surface area contributed by atoms with Gasteiger partial charge in [-0.15, -0.1) is 13.2 Å². The molecule has 16 heavy (non-hydrogen) atoms. The molecule has 1 aliphatic rings. The van der Waals surface area contributed by atoms with Crippen LogP contribution in [-0.2, 0) is 14.6 Å². The molecule has 1 unspecified atom stereocenters. The van der Waals surface area contributed by atoms with E-state index in [1.807, 2.05) is 0 Å². The quantitative estimate of drug-likeness (QED) is 0.756. The maximum absolute atomic E-state index is 11.6. The summed E-state index contributed by atoms with van der Waals surface area (Å²) in [6.07, 6.45) is -4.22. The van der Waals surface area contributed by atoms with E-state index >= 15 is 0 Å². The summed E-state index contributed by atoms with van der Waals surface area (Å²) in [5.74, 6) is 0.0443. The molecule has 0 aromatic rings. The minimum Gasteiger partial charge on any atom is -0.308 e. The molecule has 4 nitrogen and oxygen atoms in total. The molecule has 0 aromatic carbocycles. The van der Waals surface area contributed by atoms with Crippen LogP contribution in [0.15, 0.2) is 0 Å². The van der Waals surface area contributed by atoms with E-state index in [-0.39, 0.29) is 18.1 Å². The molecule has 1 rings (SSSR count). The topological polar surface area (TPSA) is 55.4 Å². The Morgan fingerprint density at radius 2 is 2.06 bits per heavy atom. The van der Waals surface area contributed by atoms with Crippen molar-refractivity contribution in [2.75, 3.05) is 24.7 Å². The fourth-order valence-corrected chi connectivity index (χ4v) is 3.79. The van der Waals surface area contributed by atoms with Gasteiger partial charge in [0, 0.05) is 12.1 Å². The Balaban J connectivity index is 2.29. The highest BCUT2D eigenvalue weighted by Gasteiger charge is 2.38. The SMILES string of the molecule is CC1(NCCOC(F)(F)F)CCS(=O)(=O)C1. The third kappa shape index (κ3) is 4.67. The first-order valence-corrected chi connectivity index (χ1v) is 6.60. The second-order valence-corrected chi connectivity index (χ2v) is 6.31. The average Bonchev–Trinajstić information content (AvgIpc) is 2.34. The summed E-state index contributed by atoms with van der Waals surface area (Å²) >= 11 is 0. The van der Waals surface area contributed by atoms with E-state index in [0.29, 0.717) is 6.42 Å². The molecule has 0 aliphatic carbocycles. The van der Waals surface area contributed by atoms with Crippen molar-refractivity contribution in [2.24, 2.45) is 0 Å². The summed E-state index contributed by atoms with van der Waals surface area (Å²) in [6, 6.07) is 0. The van der Waals surface area contributed by atoms with Crippen LogP contribution in [0, 0.1) is 0 Å². The molecule has 1 heterocycles. The summed E-state index contributed by atoms with van der Waals surface area (Å²) < 4.78 is 60.8. The smallest absolute Gasteiger partial charge is 0.308 e.